The molecule has 0 aliphatic heterocycles. The molecule has 0 spiro atoms. The molecule has 0 atom stereocenters. The zero-order valence-electron chi connectivity index (χ0n) is 12.3. The first-order chi connectivity index (χ1) is 9.49. The summed E-state index contributed by atoms with van der Waals surface area (Å²) in [5, 5.41) is 8.01. The number of nitrogens with zero attached hydrogens (tertiary/aromatic N) is 2. The van der Waals surface area contributed by atoms with Crippen LogP contribution < -0.4 is 16.0 Å². The quantitative estimate of drug-likeness (QED) is 0.705. The molecule has 0 aliphatic carbocycles. The second-order valence-corrected chi connectivity index (χ2v) is 4.53. The number of rotatable bonds is 6. The molecule has 7 nitrogen and oxygen atoms in total. The summed E-state index contributed by atoms with van der Waals surface area (Å²) in [6.45, 7) is 6.40. The standard InChI is InChI=1S/C13H21N5O2/c1-5-15-9-6-16-12(8(2)3)18-11(9)13(20)17-7-10(19)14-4/h6,8,15H,5,7H2,1-4H3,(H,14,19)(H,17,20). The molecule has 0 aliphatic rings. The Labute approximate surface area is 118 Å². The number of carbonyl (C=O) groups is 2. The maximum absolute atomic E-state index is 12.1. The first kappa shape index (κ1) is 15.9. The van der Waals surface area contributed by atoms with Gasteiger partial charge in [0.05, 0.1) is 18.4 Å². The summed E-state index contributed by atoms with van der Waals surface area (Å²) in [6, 6.07) is 0. The van der Waals surface area contributed by atoms with Crippen molar-refractivity contribution in [3.05, 3.63) is 17.7 Å². The fraction of sp³-hybridized carbons (Fsp3) is 0.538. The smallest absolute Gasteiger partial charge is 0.272 e. The highest BCUT2D eigenvalue weighted by Gasteiger charge is 2.16. The van der Waals surface area contributed by atoms with Gasteiger partial charge in [0.2, 0.25) is 5.91 Å². The number of carbonyl (C=O) groups excluding carboxylic acids is 2. The van der Waals surface area contributed by atoms with Gasteiger partial charge in [-0.05, 0) is 6.92 Å². The van der Waals surface area contributed by atoms with Crippen LogP contribution in [0.25, 0.3) is 0 Å². The van der Waals surface area contributed by atoms with Crippen LogP contribution in [0.2, 0.25) is 0 Å². The van der Waals surface area contributed by atoms with Crippen molar-refractivity contribution in [1.29, 1.82) is 0 Å². The van der Waals surface area contributed by atoms with E-state index < -0.39 is 5.91 Å². The summed E-state index contributed by atoms with van der Waals surface area (Å²) >= 11 is 0. The molecule has 0 bridgehead atoms. The Kier molecular flexibility index (Phi) is 5.89. The molecule has 0 aromatic carbocycles. The zero-order chi connectivity index (χ0) is 15.1. The van der Waals surface area contributed by atoms with E-state index in [1.165, 1.54) is 7.05 Å². The van der Waals surface area contributed by atoms with Gasteiger partial charge in [-0.2, -0.15) is 0 Å². The van der Waals surface area contributed by atoms with Gasteiger partial charge in [-0.15, -0.1) is 0 Å². The Balaban J connectivity index is 2.96. The van der Waals surface area contributed by atoms with E-state index in [-0.39, 0.29) is 24.1 Å². The number of nitrogens with one attached hydrogen (secondary N) is 3. The number of aromatic nitrogens is 2. The third-order valence-electron chi connectivity index (χ3n) is 2.59. The third-order valence-corrected chi connectivity index (χ3v) is 2.59. The second-order valence-electron chi connectivity index (χ2n) is 4.53. The van der Waals surface area contributed by atoms with Gasteiger partial charge in [-0.3, -0.25) is 9.59 Å². The zero-order valence-corrected chi connectivity index (χ0v) is 12.3. The van der Waals surface area contributed by atoms with E-state index in [9.17, 15) is 9.59 Å². The first-order valence-electron chi connectivity index (χ1n) is 6.59. The minimum Gasteiger partial charge on any atom is -0.382 e. The number of amides is 2. The highest BCUT2D eigenvalue weighted by atomic mass is 16.2. The van der Waals surface area contributed by atoms with Crippen molar-refractivity contribution in [1.82, 2.24) is 20.6 Å². The Bertz CT molecular complexity index is 488. The summed E-state index contributed by atoms with van der Waals surface area (Å²) in [7, 11) is 1.51. The van der Waals surface area contributed by atoms with Crippen LogP contribution in [0, 0.1) is 0 Å². The molecule has 0 fully saturated rings. The highest BCUT2D eigenvalue weighted by Crippen LogP contribution is 2.16. The average Bonchev–Trinajstić information content (AvgIpc) is 2.44. The topological polar surface area (TPSA) is 96.0 Å². The Morgan fingerprint density at radius 1 is 1.35 bits per heavy atom. The molecule has 1 aromatic heterocycles. The molecule has 3 N–H and O–H groups in total. The molecular weight excluding hydrogens is 258 g/mol. The summed E-state index contributed by atoms with van der Waals surface area (Å²) < 4.78 is 0. The lowest BCUT2D eigenvalue weighted by Crippen LogP contribution is -2.36. The molecule has 0 radical (unpaired) electrons. The molecule has 0 saturated heterocycles. The molecular formula is C13H21N5O2. The van der Waals surface area contributed by atoms with E-state index in [1.807, 2.05) is 20.8 Å². The molecule has 1 heterocycles. The highest BCUT2D eigenvalue weighted by molar-refractivity contribution is 5.99. The van der Waals surface area contributed by atoms with Gasteiger partial charge < -0.3 is 16.0 Å². The fourth-order valence-electron chi connectivity index (χ4n) is 1.50. The van der Waals surface area contributed by atoms with Crippen molar-refractivity contribution in [2.45, 2.75) is 26.7 Å². The molecule has 110 valence electrons. The number of hydrogen-bond donors (Lipinski definition) is 3. The SMILES string of the molecule is CCNc1cnc(C(C)C)nc1C(=O)NCC(=O)NC. The minimum atomic E-state index is -0.395. The maximum atomic E-state index is 12.1. The lowest BCUT2D eigenvalue weighted by molar-refractivity contribution is -0.119. The molecule has 1 rings (SSSR count). The number of likely N-dealkylation sites (N-methyl/N-ethyl adjacent to an activating group) is 1. The van der Waals surface area contributed by atoms with Gasteiger partial charge in [-0.25, -0.2) is 9.97 Å². The Hall–Kier alpha value is -2.18. The van der Waals surface area contributed by atoms with Crippen molar-refractivity contribution in [3.8, 4) is 0 Å². The van der Waals surface area contributed by atoms with Crippen LogP contribution in [-0.4, -0.2) is 41.9 Å². The van der Waals surface area contributed by atoms with Gasteiger partial charge in [0.25, 0.3) is 5.91 Å². The lowest BCUT2D eigenvalue weighted by Gasteiger charge is -2.12. The van der Waals surface area contributed by atoms with E-state index in [4.69, 9.17) is 0 Å². The third kappa shape index (κ3) is 4.18. The van der Waals surface area contributed by atoms with Crippen molar-refractivity contribution in [2.75, 3.05) is 25.5 Å². The van der Waals surface area contributed by atoms with Gasteiger partial charge >= 0.3 is 0 Å². The molecule has 0 unspecified atom stereocenters. The van der Waals surface area contributed by atoms with Crippen LogP contribution in [0.5, 0.6) is 0 Å². The van der Waals surface area contributed by atoms with Crippen LogP contribution in [0.3, 0.4) is 0 Å². The molecule has 0 saturated carbocycles. The van der Waals surface area contributed by atoms with Gasteiger partial charge in [-0.1, -0.05) is 13.8 Å². The number of hydrogen-bond acceptors (Lipinski definition) is 5. The molecule has 7 heteroatoms. The number of anilines is 1. The second kappa shape index (κ2) is 7.42. The van der Waals surface area contributed by atoms with Crippen LogP contribution >= 0.6 is 0 Å². The monoisotopic (exact) mass is 279 g/mol. The Morgan fingerprint density at radius 3 is 2.60 bits per heavy atom. The average molecular weight is 279 g/mol. The molecule has 20 heavy (non-hydrogen) atoms. The van der Waals surface area contributed by atoms with Crippen LogP contribution in [0.1, 0.15) is 43.0 Å². The largest absolute Gasteiger partial charge is 0.382 e. The predicted octanol–water partition coefficient (Wildman–Crippen LogP) is 0.508. The first-order valence-corrected chi connectivity index (χ1v) is 6.59. The summed E-state index contributed by atoms with van der Waals surface area (Å²) in [4.78, 5) is 31.8. The minimum absolute atomic E-state index is 0.0814. The van der Waals surface area contributed by atoms with E-state index in [2.05, 4.69) is 25.9 Å². The maximum Gasteiger partial charge on any atom is 0.272 e. The van der Waals surface area contributed by atoms with Crippen LogP contribution in [0.4, 0.5) is 5.69 Å². The van der Waals surface area contributed by atoms with Crippen molar-refractivity contribution >= 4 is 17.5 Å². The van der Waals surface area contributed by atoms with Gasteiger partial charge in [0.15, 0.2) is 5.69 Å². The fourth-order valence-corrected chi connectivity index (χ4v) is 1.50. The van der Waals surface area contributed by atoms with E-state index in [0.29, 0.717) is 18.1 Å². The van der Waals surface area contributed by atoms with Crippen molar-refractivity contribution in [3.63, 3.8) is 0 Å². The summed E-state index contributed by atoms with van der Waals surface area (Å²) in [5.41, 5.74) is 0.820. The van der Waals surface area contributed by atoms with Crippen LogP contribution in [0.15, 0.2) is 6.20 Å². The van der Waals surface area contributed by atoms with Crippen molar-refractivity contribution in [2.24, 2.45) is 0 Å². The van der Waals surface area contributed by atoms with E-state index in [0.717, 1.165) is 0 Å². The predicted molar refractivity (Wildman–Crippen MR) is 76.7 cm³/mol. The summed E-state index contributed by atoms with van der Waals surface area (Å²) in [6.07, 6.45) is 1.60. The molecule has 2 amide bonds. The Morgan fingerprint density at radius 2 is 2.05 bits per heavy atom. The van der Waals surface area contributed by atoms with Gasteiger partial charge in [0.1, 0.15) is 5.82 Å². The molecule has 1 aromatic rings. The summed E-state index contributed by atoms with van der Waals surface area (Å²) in [5.74, 6) is 0.0586. The van der Waals surface area contributed by atoms with Crippen molar-refractivity contribution < 1.29 is 9.59 Å². The van der Waals surface area contributed by atoms with E-state index >= 15 is 0 Å². The normalized spacial score (nSPS) is 10.2. The van der Waals surface area contributed by atoms with Gasteiger partial charge in [0, 0.05) is 19.5 Å². The lowest BCUT2D eigenvalue weighted by atomic mass is 10.2. The van der Waals surface area contributed by atoms with E-state index in [1.54, 1.807) is 6.20 Å². The van der Waals surface area contributed by atoms with Crippen LogP contribution in [-0.2, 0) is 4.79 Å².